The van der Waals surface area contributed by atoms with E-state index in [1.54, 1.807) is 45.4 Å². The lowest BCUT2D eigenvalue weighted by Gasteiger charge is -2.20. The molecule has 1 aromatic heterocycles. The fourth-order valence-electron chi connectivity index (χ4n) is 2.58. The summed E-state index contributed by atoms with van der Waals surface area (Å²) in [5.74, 6) is -0.317. The Kier molecular flexibility index (Phi) is 5.35. The Hall–Kier alpha value is -2.97. The van der Waals surface area contributed by atoms with Crippen molar-refractivity contribution < 1.29 is 13.2 Å². The van der Waals surface area contributed by atoms with Crippen LogP contribution in [0, 0.1) is 0 Å². The average Bonchev–Trinajstić information content (AvgIpc) is 3.15. The minimum absolute atomic E-state index is 0.115. The number of nitrogens with zero attached hydrogens (tertiary/aromatic N) is 2. The van der Waals surface area contributed by atoms with Gasteiger partial charge in [0.25, 0.3) is 5.91 Å². The van der Waals surface area contributed by atoms with Gasteiger partial charge >= 0.3 is 0 Å². The number of imidazole rings is 1. The van der Waals surface area contributed by atoms with E-state index in [1.807, 2.05) is 22.9 Å². The molecular formula is C20H22N4O3S. The summed E-state index contributed by atoms with van der Waals surface area (Å²) < 4.78 is 29.1. The van der Waals surface area contributed by atoms with Crippen LogP contribution in [0.5, 0.6) is 0 Å². The molecule has 146 valence electrons. The molecule has 2 N–H and O–H groups in total. The van der Waals surface area contributed by atoms with E-state index in [0.29, 0.717) is 11.3 Å². The SMILES string of the molecule is CC(C)(C)NS(=O)(=O)c1ccc(C(=O)Nc2ccc(-n3ccnc3)cc2)cc1. The van der Waals surface area contributed by atoms with E-state index in [1.165, 1.54) is 24.3 Å². The highest BCUT2D eigenvalue weighted by Crippen LogP contribution is 2.17. The Morgan fingerprint density at radius 3 is 2.18 bits per heavy atom. The molecule has 0 fully saturated rings. The molecule has 0 atom stereocenters. The maximum atomic E-state index is 12.4. The number of anilines is 1. The molecule has 0 unspecified atom stereocenters. The van der Waals surface area contributed by atoms with E-state index >= 15 is 0 Å². The number of hydrogen-bond donors (Lipinski definition) is 2. The number of hydrogen-bond acceptors (Lipinski definition) is 4. The van der Waals surface area contributed by atoms with E-state index in [2.05, 4.69) is 15.0 Å². The Labute approximate surface area is 164 Å². The fourth-order valence-corrected chi connectivity index (χ4v) is 4.00. The van der Waals surface area contributed by atoms with Gasteiger partial charge in [-0.15, -0.1) is 0 Å². The van der Waals surface area contributed by atoms with E-state index in [0.717, 1.165) is 5.69 Å². The highest BCUT2D eigenvalue weighted by atomic mass is 32.2. The van der Waals surface area contributed by atoms with Gasteiger partial charge in [-0.25, -0.2) is 18.1 Å². The predicted octanol–water partition coefficient (Wildman–Crippen LogP) is 3.20. The first-order chi connectivity index (χ1) is 13.1. The third kappa shape index (κ3) is 4.85. The van der Waals surface area contributed by atoms with Gasteiger partial charge < -0.3 is 9.88 Å². The van der Waals surface area contributed by atoms with Crippen LogP contribution in [0.15, 0.2) is 72.1 Å². The molecule has 0 radical (unpaired) electrons. The zero-order valence-electron chi connectivity index (χ0n) is 15.9. The van der Waals surface area contributed by atoms with Crippen LogP contribution < -0.4 is 10.0 Å². The maximum Gasteiger partial charge on any atom is 0.255 e. The lowest BCUT2D eigenvalue weighted by atomic mass is 10.1. The van der Waals surface area contributed by atoms with Crippen molar-refractivity contribution in [3.05, 3.63) is 72.8 Å². The monoisotopic (exact) mass is 398 g/mol. The van der Waals surface area contributed by atoms with Crippen molar-refractivity contribution in [1.82, 2.24) is 14.3 Å². The summed E-state index contributed by atoms with van der Waals surface area (Å²) in [6.07, 6.45) is 5.21. The molecule has 7 nitrogen and oxygen atoms in total. The molecule has 0 spiro atoms. The maximum absolute atomic E-state index is 12.4. The highest BCUT2D eigenvalue weighted by molar-refractivity contribution is 7.89. The largest absolute Gasteiger partial charge is 0.322 e. The standard InChI is InChI=1S/C20H22N4O3S/c1-20(2,3)23-28(26,27)18-10-4-15(5-11-18)19(25)22-16-6-8-17(9-7-16)24-13-12-21-14-24/h4-14,23H,1-3H3,(H,22,25). The third-order valence-electron chi connectivity index (χ3n) is 3.80. The molecule has 1 amide bonds. The van der Waals surface area contributed by atoms with E-state index in [4.69, 9.17) is 0 Å². The molecule has 0 bridgehead atoms. The predicted molar refractivity (Wildman–Crippen MR) is 108 cm³/mol. The average molecular weight is 398 g/mol. The summed E-state index contributed by atoms with van der Waals surface area (Å²) in [6, 6.07) is 13.1. The lowest BCUT2D eigenvalue weighted by molar-refractivity contribution is 0.102. The zero-order chi connectivity index (χ0) is 20.4. The summed E-state index contributed by atoms with van der Waals surface area (Å²) in [4.78, 5) is 16.5. The molecule has 1 heterocycles. The van der Waals surface area contributed by atoms with Gasteiger partial charge in [-0.05, 0) is 69.3 Å². The van der Waals surface area contributed by atoms with Gasteiger partial charge in [0.05, 0.1) is 11.2 Å². The Bertz CT molecular complexity index is 1050. The van der Waals surface area contributed by atoms with Crippen LogP contribution in [0.1, 0.15) is 31.1 Å². The van der Waals surface area contributed by atoms with Crippen molar-refractivity contribution in [2.75, 3.05) is 5.32 Å². The first kappa shape index (κ1) is 19.8. The second-order valence-corrected chi connectivity index (χ2v) is 9.03. The van der Waals surface area contributed by atoms with Crippen molar-refractivity contribution in [2.24, 2.45) is 0 Å². The van der Waals surface area contributed by atoms with Crippen LogP contribution in [0.2, 0.25) is 0 Å². The van der Waals surface area contributed by atoms with Crippen LogP contribution in [0.25, 0.3) is 5.69 Å². The molecule has 8 heteroatoms. The number of sulfonamides is 1. The second-order valence-electron chi connectivity index (χ2n) is 7.35. The number of carbonyl (C=O) groups is 1. The number of amides is 1. The molecule has 0 aliphatic rings. The zero-order valence-corrected chi connectivity index (χ0v) is 16.7. The first-order valence-corrected chi connectivity index (χ1v) is 10.2. The number of nitrogens with one attached hydrogen (secondary N) is 2. The third-order valence-corrected chi connectivity index (χ3v) is 5.57. The molecule has 3 aromatic rings. The van der Waals surface area contributed by atoms with Gasteiger partial charge in [0.1, 0.15) is 0 Å². The molecule has 0 saturated heterocycles. The van der Waals surface area contributed by atoms with Crippen molar-refractivity contribution >= 4 is 21.6 Å². The van der Waals surface area contributed by atoms with Crippen molar-refractivity contribution in [3.63, 3.8) is 0 Å². The molecule has 0 aliphatic heterocycles. The molecule has 0 saturated carbocycles. The minimum atomic E-state index is -3.63. The normalized spacial score (nSPS) is 12.0. The molecule has 2 aromatic carbocycles. The van der Waals surface area contributed by atoms with Crippen LogP contribution in [0.3, 0.4) is 0 Å². The fraction of sp³-hybridized carbons (Fsp3) is 0.200. The summed E-state index contributed by atoms with van der Waals surface area (Å²) in [6.45, 7) is 5.30. The van der Waals surface area contributed by atoms with Gasteiger partial charge in [0.15, 0.2) is 0 Å². The second kappa shape index (κ2) is 7.57. The topological polar surface area (TPSA) is 93.1 Å². The van der Waals surface area contributed by atoms with E-state index in [9.17, 15) is 13.2 Å². The van der Waals surface area contributed by atoms with E-state index < -0.39 is 15.6 Å². The molecular weight excluding hydrogens is 376 g/mol. The summed E-state index contributed by atoms with van der Waals surface area (Å²) >= 11 is 0. The molecule has 28 heavy (non-hydrogen) atoms. The van der Waals surface area contributed by atoms with Gasteiger partial charge in [0.2, 0.25) is 10.0 Å². The Balaban J connectivity index is 1.70. The Morgan fingerprint density at radius 2 is 1.64 bits per heavy atom. The van der Waals surface area contributed by atoms with Crippen molar-refractivity contribution in [3.8, 4) is 5.69 Å². The van der Waals surface area contributed by atoms with Crippen LogP contribution in [0.4, 0.5) is 5.69 Å². The van der Waals surface area contributed by atoms with E-state index in [-0.39, 0.29) is 10.8 Å². The lowest BCUT2D eigenvalue weighted by Crippen LogP contribution is -2.40. The van der Waals surface area contributed by atoms with Gasteiger partial charge in [0, 0.05) is 34.9 Å². The summed E-state index contributed by atoms with van der Waals surface area (Å²) in [5.41, 5.74) is 1.35. The molecule has 0 aliphatic carbocycles. The number of carbonyl (C=O) groups excluding carboxylic acids is 1. The van der Waals surface area contributed by atoms with Crippen molar-refractivity contribution in [2.45, 2.75) is 31.2 Å². The Morgan fingerprint density at radius 1 is 1.00 bits per heavy atom. The molecule has 3 rings (SSSR count). The van der Waals surface area contributed by atoms with Gasteiger partial charge in [-0.1, -0.05) is 0 Å². The summed E-state index contributed by atoms with van der Waals surface area (Å²) in [7, 11) is -3.63. The minimum Gasteiger partial charge on any atom is -0.322 e. The number of aromatic nitrogens is 2. The highest BCUT2D eigenvalue weighted by Gasteiger charge is 2.22. The van der Waals surface area contributed by atoms with Crippen LogP contribution >= 0.6 is 0 Å². The smallest absolute Gasteiger partial charge is 0.255 e. The van der Waals surface area contributed by atoms with Crippen LogP contribution in [-0.2, 0) is 10.0 Å². The van der Waals surface area contributed by atoms with Gasteiger partial charge in [-0.2, -0.15) is 0 Å². The number of benzene rings is 2. The quantitative estimate of drug-likeness (QED) is 0.690. The van der Waals surface area contributed by atoms with Crippen LogP contribution in [-0.4, -0.2) is 29.4 Å². The van der Waals surface area contributed by atoms with Crippen molar-refractivity contribution in [1.29, 1.82) is 0 Å². The summed E-state index contributed by atoms with van der Waals surface area (Å²) in [5, 5.41) is 2.80. The van der Waals surface area contributed by atoms with Gasteiger partial charge in [-0.3, -0.25) is 4.79 Å². The number of rotatable bonds is 5. The first-order valence-electron chi connectivity index (χ1n) is 8.68.